The van der Waals surface area contributed by atoms with E-state index >= 15 is 0 Å². The van der Waals surface area contributed by atoms with Gasteiger partial charge in [-0.3, -0.25) is 9.59 Å². The molecule has 1 N–H and O–H groups in total. The van der Waals surface area contributed by atoms with E-state index in [1.807, 2.05) is 13.0 Å². The molecule has 0 aliphatic heterocycles. The van der Waals surface area contributed by atoms with E-state index in [0.717, 1.165) is 0 Å². The molecule has 1 aromatic carbocycles. The lowest BCUT2D eigenvalue weighted by molar-refractivity contribution is -0.145. The number of aliphatic carboxylic acids is 1. The van der Waals surface area contributed by atoms with Crippen molar-refractivity contribution in [2.24, 2.45) is 0 Å². The number of benzene rings is 1. The highest BCUT2D eigenvalue weighted by Gasteiger charge is 2.16. The van der Waals surface area contributed by atoms with Gasteiger partial charge in [0.25, 0.3) is 5.91 Å². The Hall–Kier alpha value is -2.04. The molecule has 0 atom stereocenters. The Morgan fingerprint density at radius 3 is 2.50 bits per heavy atom. The third-order valence-corrected chi connectivity index (χ3v) is 2.28. The Morgan fingerprint density at radius 2 is 1.94 bits per heavy atom. The Morgan fingerprint density at radius 1 is 1.28 bits per heavy atom. The van der Waals surface area contributed by atoms with Crippen molar-refractivity contribution < 1.29 is 19.4 Å². The van der Waals surface area contributed by atoms with Crippen molar-refractivity contribution in [1.29, 1.82) is 0 Å². The maximum absolute atomic E-state index is 11.8. The van der Waals surface area contributed by atoms with Crippen LogP contribution >= 0.6 is 0 Å². The van der Waals surface area contributed by atoms with Gasteiger partial charge in [-0.05, 0) is 18.6 Å². The Bertz CT molecular complexity index is 391. The summed E-state index contributed by atoms with van der Waals surface area (Å²) in [6, 6.07) is 8.95. The van der Waals surface area contributed by atoms with Crippen LogP contribution in [0.2, 0.25) is 0 Å². The number of carboxylic acid groups (broad SMARTS) is 1. The summed E-state index contributed by atoms with van der Waals surface area (Å²) in [5.74, 6) is -0.739. The molecule has 0 aliphatic rings. The van der Waals surface area contributed by atoms with E-state index in [-0.39, 0.29) is 19.1 Å². The van der Waals surface area contributed by atoms with E-state index in [1.54, 1.807) is 24.3 Å². The van der Waals surface area contributed by atoms with Gasteiger partial charge in [0.15, 0.2) is 6.61 Å². The van der Waals surface area contributed by atoms with Crippen LogP contribution in [-0.2, 0) is 9.59 Å². The summed E-state index contributed by atoms with van der Waals surface area (Å²) in [5.41, 5.74) is 0. The van der Waals surface area contributed by atoms with Crippen LogP contribution in [0.25, 0.3) is 0 Å². The predicted molar refractivity (Wildman–Crippen MR) is 66.4 cm³/mol. The smallest absolute Gasteiger partial charge is 0.323 e. The molecule has 18 heavy (non-hydrogen) atoms. The normalized spacial score (nSPS) is 9.83. The summed E-state index contributed by atoms with van der Waals surface area (Å²) in [7, 11) is 0. The minimum Gasteiger partial charge on any atom is -0.484 e. The molecule has 5 heteroatoms. The quantitative estimate of drug-likeness (QED) is 0.795. The average molecular weight is 251 g/mol. The largest absolute Gasteiger partial charge is 0.484 e. The topological polar surface area (TPSA) is 66.8 Å². The molecule has 0 saturated heterocycles. The number of carboxylic acids is 1. The first kappa shape index (κ1) is 14.0. The van der Waals surface area contributed by atoms with Crippen LogP contribution in [0.4, 0.5) is 0 Å². The lowest BCUT2D eigenvalue weighted by atomic mass is 10.3. The first-order valence-corrected chi connectivity index (χ1v) is 5.81. The summed E-state index contributed by atoms with van der Waals surface area (Å²) >= 11 is 0. The lowest BCUT2D eigenvalue weighted by Gasteiger charge is -2.19. The zero-order valence-electron chi connectivity index (χ0n) is 10.3. The van der Waals surface area contributed by atoms with E-state index in [0.29, 0.717) is 18.7 Å². The highest BCUT2D eigenvalue weighted by Crippen LogP contribution is 2.08. The molecule has 0 bridgehead atoms. The maximum Gasteiger partial charge on any atom is 0.323 e. The van der Waals surface area contributed by atoms with Crippen LogP contribution in [-0.4, -0.2) is 41.6 Å². The molecular formula is C13H17NO4. The van der Waals surface area contributed by atoms with Crippen LogP contribution < -0.4 is 4.74 Å². The molecule has 0 saturated carbocycles. The van der Waals surface area contributed by atoms with Crippen molar-refractivity contribution in [2.45, 2.75) is 13.3 Å². The van der Waals surface area contributed by atoms with Gasteiger partial charge in [-0.15, -0.1) is 0 Å². The van der Waals surface area contributed by atoms with Crippen molar-refractivity contribution >= 4 is 11.9 Å². The third-order valence-electron chi connectivity index (χ3n) is 2.28. The molecule has 5 nitrogen and oxygen atoms in total. The number of carbonyl (C=O) groups excluding carboxylic acids is 1. The Kier molecular flexibility index (Phi) is 5.70. The zero-order chi connectivity index (χ0) is 13.4. The van der Waals surface area contributed by atoms with Gasteiger partial charge < -0.3 is 14.7 Å². The van der Waals surface area contributed by atoms with E-state index < -0.39 is 5.97 Å². The van der Waals surface area contributed by atoms with Crippen LogP contribution in [0, 0.1) is 0 Å². The molecule has 0 spiro atoms. The van der Waals surface area contributed by atoms with Gasteiger partial charge in [0.1, 0.15) is 12.3 Å². The number of rotatable bonds is 7. The van der Waals surface area contributed by atoms with Crippen molar-refractivity contribution in [3.05, 3.63) is 30.3 Å². The first-order chi connectivity index (χ1) is 8.63. The van der Waals surface area contributed by atoms with E-state index in [4.69, 9.17) is 9.84 Å². The van der Waals surface area contributed by atoms with Crippen molar-refractivity contribution in [2.75, 3.05) is 19.7 Å². The van der Waals surface area contributed by atoms with E-state index in [2.05, 4.69) is 0 Å². The van der Waals surface area contributed by atoms with E-state index in [1.165, 1.54) is 4.90 Å². The van der Waals surface area contributed by atoms with Gasteiger partial charge in [-0.25, -0.2) is 0 Å². The Labute approximate surface area is 106 Å². The molecule has 1 aromatic rings. The standard InChI is InChI=1S/C13H17NO4/c1-2-8-14(9-13(16)17)12(15)10-18-11-6-4-3-5-7-11/h3-7H,2,8-10H2,1H3,(H,16,17). The second-order valence-corrected chi connectivity index (χ2v) is 3.81. The summed E-state index contributed by atoms with van der Waals surface area (Å²) in [5, 5.41) is 8.71. The summed E-state index contributed by atoms with van der Waals surface area (Å²) in [6.45, 7) is 1.88. The molecule has 0 fully saturated rings. The predicted octanol–water partition coefficient (Wildman–Crippen LogP) is 1.39. The fraction of sp³-hybridized carbons (Fsp3) is 0.385. The van der Waals surface area contributed by atoms with Gasteiger partial charge in [0.2, 0.25) is 0 Å². The average Bonchev–Trinajstić information content (AvgIpc) is 2.36. The van der Waals surface area contributed by atoms with Gasteiger partial charge in [-0.1, -0.05) is 25.1 Å². The van der Waals surface area contributed by atoms with Crippen molar-refractivity contribution in [3.8, 4) is 5.75 Å². The number of ether oxygens (including phenoxy) is 1. The van der Waals surface area contributed by atoms with Gasteiger partial charge in [0.05, 0.1) is 0 Å². The Balaban J connectivity index is 2.48. The highest BCUT2D eigenvalue weighted by atomic mass is 16.5. The molecule has 98 valence electrons. The SMILES string of the molecule is CCCN(CC(=O)O)C(=O)COc1ccccc1. The number of nitrogens with zero attached hydrogens (tertiary/aromatic N) is 1. The molecule has 0 unspecified atom stereocenters. The van der Waals surface area contributed by atoms with Crippen LogP contribution in [0.3, 0.4) is 0 Å². The first-order valence-electron chi connectivity index (χ1n) is 5.81. The number of hydrogen-bond donors (Lipinski definition) is 1. The molecular weight excluding hydrogens is 234 g/mol. The molecule has 0 heterocycles. The molecule has 0 aliphatic carbocycles. The molecule has 0 radical (unpaired) electrons. The monoisotopic (exact) mass is 251 g/mol. The summed E-state index contributed by atoms with van der Waals surface area (Å²) < 4.78 is 5.29. The molecule has 0 aromatic heterocycles. The van der Waals surface area contributed by atoms with Crippen LogP contribution in [0.15, 0.2) is 30.3 Å². The fourth-order valence-electron chi connectivity index (χ4n) is 1.48. The number of para-hydroxylation sites is 1. The second kappa shape index (κ2) is 7.32. The number of amides is 1. The van der Waals surface area contributed by atoms with Gasteiger partial charge in [0, 0.05) is 6.54 Å². The van der Waals surface area contributed by atoms with Crippen LogP contribution in [0.1, 0.15) is 13.3 Å². The van der Waals surface area contributed by atoms with E-state index in [9.17, 15) is 9.59 Å². The highest BCUT2D eigenvalue weighted by molar-refractivity contribution is 5.82. The summed E-state index contributed by atoms with van der Waals surface area (Å²) in [6.07, 6.45) is 0.713. The number of hydrogen-bond acceptors (Lipinski definition) is 3. The van der Waals surface area contributed by atoms with Gasteiger partial charge in [-0.2, -0.15) is 0 Å². The van der Waals surface area contributed by atoms with Gasteiger partial charge >= 0.3 is 5.97 Å². The summed E-state index contributed by atoms with van der Waals surface area (Å²) in [4.78, 5) is 23.7. The molecule has 1 amide bonds. The third kappa shape index (κ3) is 4.86. The lowest BCUT2D eigenvalue weighted by Crippen LogP contribution is -2.39. The van der Waals surface area contributed by atoms with Crippen molar-refractivity contribution in [3.63, 3.8) is 0 Å². The van der Waals surface area contributed by atoms with Crippen molar-refractivity contribution in [1.82, 2.24) is 4.90 Å². The minimum absolute atomic E-state index is 0.142. The second-order valence-electron chi connectivity index (χ2n) is 3.81. The number of carbonyl (C=O) groups is 2. The molecule has 1 rings (SSSR count). The zero-order valence-corrected chi connectivity index (χ0v) is 10.3. The maximum atomic E-state index is 11.8. The van der Waals surface area contributed by atoms with Crippen LogP contribution in [0.5, 0.6) is 5.75 Å². The fourth-order valence-corrected chi connectivity index (χ4v) is 1.48. The minimum atomic E-state index is -1.02.